The first-order chi connectivity index (χ1) is 12.1. The molecular weight excluding hydrogens is 306 g/mol. The van der Waals surface area contributed by atoms with E-state index in [0.29, 0.717) is 13.1 Å². The van der Waals surface area contributed by atoms with Crippen molar-refractivity contribution in [1.29, 1.82) is 0 Å². The topological polar surface area (TPSA) is 23.1 Å². The molecule has 1 aliphatic rings. The summed E-state index contributed by atoms with van der Waals surface area (Å²) < 4.78 is -0.191. The van der Waals surface area contributed by atoms with Crippen LogP contribution in [0.3, 0.4) is 0 Å². The molecule has 0 N–H and O–H groups in total. The molecule has 0 fully saturated rings. The quantitative estimate of drug-likeness (QED) is 0.354. The van der Waals surface area contributed by atoms with Crippen LogP contribution in [0.4, 0.5) is 0 Å². The van der Waals surface area contributed by atoms with Crippen LogP contribution >= 0.6 is 0 Å². The number of aryl methyl sites for hydroxylation is 1. The Labute approximate surface area is 151 Å². The number of nitrogens with zero attached hydrogens (tertiary/aromatic N) is 1. The molecule has 0 bridgehead atoms. The van der Waals surface area contributed by atoms with E-state index in [2.05, 4.69) is 48.5 Å². The van der Waals surface area contributed by atoms with Gasteiger partial charge in [0.15, 0.2) is 0 Å². The van der Waals surface area contributed by atoms with Crippen LogP contribution in [0.25, 0.3) is 11.1 Å². The molecule has 1 atom stereocenters. The van der Waals surface area contributed by atoms with Crippen molar-refractivity contribution in [3.63, 3.8) is 0 Å². The van der Waals surface area contributed by atoms with Crippen molar-refractivity contribution < 1.29 is 4.65 Å². The first kappa shape index (κ1) is 17.7. The SMILES string of the molecule is CC1=CC[N+]([O-])(CCCCCc2ccc(-c3ccccc3)cc2)C=C1. The molecule has 0 spiro atoms. The van der Waals surface area contributed by atoms with Crippen molar-refractivity contribution in [2.75, 3.05) is 13.1 Å². The molecule has 0 saturated carbocycles. The van der Waals surface area contributed by atoms with E-state index in [1.807, 2.05) is 25.1 Å². The molecule has 2 aromatic carbocycles. The Morgan fingerprint density at radius 2 is 1.60 bits per heavy atom. The summed E-state index contributed by atoms with van der Waals surface area (Å²) in [5.74, 6) is 0. The van der Waals surface area contributed by atoms with Crippen LogP contribution < -0.4 is 0 Å². The number of benzene rings is 2. The summed E-state index contributed by atoms with van der Waals surface area (Å²) in [7, 11) is 0. The summed E-state index contributed by atoms with van der Waals surface area (Å²) in [6.07, 6.45) is 10.1. The molecule has 1 aliphatic heterocycles. The summed E-state index contributed by atoms with van der Waals surface area (Å²) in [6.45, 7) is 3.32. The van der Waals surface area contributed by atoms with Gasteiger partial charge in [0.2, 0.25) is 0 Å². The molecular formula is C23H27NO. The van der Waals surface area contributed by atoms with Crippen LogP contribution in [0.15, 0.2) is 78.5 Å². The monoisotopic (exact) mass is 333 g/mol. The Kier molecular flexibility index (Phi) is 5.85. The third-order valence-electron chi connectivity index (χ3n) is 4.89. The normalized spacial score (nSPS) is 19.7. The Morgan fingerprint density at radius 3 is 2.28 bits per heavy atom. The summed E-state index contributed by atoms with van der Waals surface area (Å²) >= 11 is 0. The highest BCUT2D eigenvalue weighted by Gasteiger charge is 2.14. The first-order valence-corrected chi connectivity index (χ1v) is 9.23. The molecule has 2 nitrogen and oxygen atoms in total. The summed E-state index contributed by atoms with van der Waals surface area (Å²) in [5, 5.41) is 12.5. The minimum Gasteiger partial charge on any atom is -0.628 e. The number of hydrogen-bond acceptors (Lipinski definition) is 1. The predicted octanol–water partition coefficient (Wildman–Crippen LogP) is 5.85. The average molecular weight is 333 g/mol. The fraction of sp³-hybridized carbons (Fsp3) is 0.304. The van der Waals surface area contributed by atoms with Gasteiger partial charge in [0.25, 0.3) is 0 Å². The van der Waals surface area contributed by atoms with Crippen molar-refractivity contribution in [1.82, 2.24) is 0 Å². The maximum absolute atomic E-state index is 12.5. The molecule has 25 heavy (non-hydrogen) atoms. The van der Waals surface area contributed by atoms with E-state index in [1.54, 1.807) is 6.20 Å². The van der Waals surface area contributed by atoms with Gasteiger partial charge >= 0.3 is 0 Å². The molecule has 130 valence electrons. The largest absolute Gasteiger partial charge is 0.628 e. The van der Waals surface area contributed by atoms with Crippen molar-refractivity contribution in [2.24, 2.45) is 0 Å². The molecule has 0 radical (unpaired) electrons. The molecule has 3 rings (SSSR count). The lowest BCUT2D eigenvalue weighted by molar-refractivity contribution is -0.824. The highest BCUT2D eigenvalue weighted by molar-refractivity contribution is 5.63. The lowest BCUT2D eigenvalue weighted by Gasteiger charge is -2.39. The summed E-state index contributed by atoms with van der Waals surface area (Å²) in [6, 6.07) is 19.3. The van der Waals surface area contributed by atoms with Gasteiger partial charge < -0.3 is 9.85 Å². The minimum atomic E-state index is -0.191. The molecule has 0 aromatic heterocycles. The third kappa shape index (κ3) is 5.15. The van der Waals surface area contributed by atoms with Gasteiger partial charge in [0.1, 0.15) is 6.54 Å². The van der Waals surface area contributed by atoms with Crippen molar-refractivity contribution in [2.45, 2.75) is 32.6 Å². The van der Waals surface area contributed by atoms with Gasteiger partial charge in [-0.15, -0.1) is 0 Å². The maximum Gasteiger partial charge on any atom is 0.102 e. The number of hydroxylamine groups is 3. The van der Waals surface area contributed by atoms with E-state index in [-0.39, 0.29) is 4.65 Å². The fourth-order valence-corrected chi connectivity index (χ4v) is 3.23. The lowest BCUT2D eigenvalue weighted by atomic mass is 10.0. The molecule has 1 unspecified atom stereocenters. The number of unbranched alkanes of at least 4 members (excludes halogenated alkanes) is 2. The van der Waals surface area contributed by atoms with Crippen LogP contribution in [0.2, 0.25) is 0 Å². The number of hydrogen-bond donors (Lipinski definition) is 0. The van der Waals surface area contributed by atoms with Crippen molar-refractivity contribution in [3.05, 3.63) is 89.3 Å². The zero-order valence-electron chi connectivity index (χ0n) is 15.0. The van der Waals surface area contributed by atoms with Crippen LogP contribution in [0.5, 0.6) is 0 Å². The molecule has 2 heteroatoms. The van der Waals surface area contributed by atoms with Gasteiger partial charge in [0, 0.05) is 0 Å². The van der Waals surface area contributed by atoms with Gasteiger partial charge in [-0.1, -0.05) is 54.6 Å². The fourth-order valence-electron chi connectivity index (χ4n) is 3.23. The first-order valence-electron chi connectivity index (χ1n) is 9.23. The van der Waals surface area contributed by atoms with E-state index in [1.165, 1.54) is 22.3 Å². The van der Waals surface area contributed by atoms with Gasteiger partial charge in [-0.05, 0) is 67.0 Å². The second kappa shape index (κ2) is 8.28. The average Bonchev–Trinajstić information content (AvgIpc) is 2.65. The Balaban J connectivity index is 1.40. The predicted molar refractivity (Wildman–Crippen MR) is 106 cm³/mol. The second-order valence-corrected chi connectivity index (χ2v) is 7.00. The maximum atomic E-state index is 12.5. The highest BCUT2D eigenvalue weighted by atomic mass is 16.5. The summed E-state index contributed by atoms with van der Waals surface area (Å²) in [5.41, 5.74) is 5.10. The lowest BCUT2D eigenvalue weighted by Crippen LogP contribution is -2.38. The van der Waals surface area contributed by atoms with Gasteiger partial charge in [-0.3, -0.25) is 0 Å². The van der Waals surface area contributed by atoms with E-state index in [4.69, 9.17) is 0 Å². The standard InChI is InChI=1S/C23H27NO/c1-20-15-18-24(25,19-16-20)17-7-3-4-8-21-11-13-23(14-12-21)22-9-5-2-6-10-22/h2,5-6,9-16,18H,3-4,7-8,17,19H2,1H3. The number of allylic oxidation sites excluding steroid dienone is 2. The molecule has 0 saturated heterocycles. The van der Waals surface area contributed by atoms with Crippen LogP contribution in [-0.2, 0) is 6.42 Å². The van der Waals surface area contributed by atoms with Crippen LogP contribution in [0.1, 0.15) is 31.7 Å². The Hall–Kier alpha value is -2.16. The van der Waals surface area contributed by atoms with Crippen LogP contribution in [0, 0.1) is 5.21 Å². The van der Waals surface area contributed by atoms with E-state index < -0.39 is 0 Å². The van der Waals surface area contributed by atoms with E-state index >= 15 is 0 Å². The van der Waals surface area contributed by atoms with Crippen LogP contribution in [-0.4, -0.2) is 17.7 Å². The van der Waals surface area contributed by atoms with E-state index in [0.717, 1.165) is 25.7 Å². The highest BCUT2D eigenvalue weighted by Crippen LogP contribution is 2.20. The number of quaternary nitrogens is 1. The van der Waals surface area contributed by atoms with Gasteiger partial charge in [-0.2, -0.15) is 0 Å². The van der Waals surface area contributed by atoms with Crippen molar-refractivity contribution in [3.8, 4) is 11.1 Å². The minimum absolute atomic E-state index is 0.191. The second-order valence-electron chi connectivity index (χ2n) is 7.00. The zero-order chi connectivity index (χ0) is 17.5. The van der Waals surface area contributed by atoms with E-state index in [9.17, 15) is 5.21 Å². The van der Waals surface area contributed by atoms with Gasteiger partial charge in [0.05, 0.1) is 12.7 Å². The molecule has 0 aliphatic carbocycles. The Bertz CT molecular complexity index is 730. The molecule has 1 heterocycles. The zero-order valence-corrected chi connectivity index (χ0v) is 15.0. The van der Waals surface area contributed by atoms with Crippen molar-refractivity contribution >= 4 is 0 Å². The molecule has 2 aromatic rings. The summed E-state index contributed by atoms with van der Waals surface area (Å²) in [4.78, 5) is 0. The van der Waals surface area contributed by atoms with Gasteiger partial charge in [-0.25, -0.2) is 0 Å². The third-order valence-corrected chi connectivity index (χ3v) is 4.89. The number of rotatable bonds is 7. The molecule has 0 amide bonds. The smallest absolute Gasteiger partial charge is 0.102 e. The Morgan fingerprint density at radius 1 is 0.880 bits per heavy atom.